The van der Waals surface area contributed by atoms with Crippen molar-refractivity contribution in [2.45, 2.75) is 27.0 Å². The summed E-state index contributed by atoms with van der Waals surface area (Å²) >= 11 is 0. The minimum atomic E-state index is 0.0394. The lowest BCUT2D eigenvalue weighted by atomic mass is 10.1. The quantitative estimate of drug-likeness (QED) is 0.460. The summed E-state index contributed by atoms with van der Waals surface area (Å²) in [7, 11) is 0. The van der Waals surface area contributed by atoms with E-state index in [1.54, 1.807) is 0 Å². The molecule has 2 aliphatic heterocycles. The summed E-state index contributed by atoms with van der Waals surface area (Å²) in [5.41, 5.74) is 3.85. The van der Waals surface area contributed by atoms with Gasteiger partial charge in [0.2, 0.25) is 6.79 Å². The molecule has 0 saturated carbocycles. The van der Waals surface area contributed by atoms with E-state index < -0.39 is 0 Å². The van der Waals surface area contributed by atoms with Crippen LogP contribution in [0.1, 0.15) is 34.0 Å². The van der Waals surface area contributed by atoms with E-state index in [0.29, 0.717) is 31.9 Å². The lowest BCUT2D eigenvalue weighted by Crippen LogP contribution is -2.48. The van der Waals surface area contributed by atoms with Gasteiger partial charge in [0.15, 0.2) is 11.5 Å². The summed E-state index contributed by atoms with van der Waals surface area (Å²) < 4.78 is 22.7. The molecule has 0 spiro atoms. The lowest BCUT2D eigenvalue weighted by Gasteiger charge is -2.35. The third-order valence-electron chi connectivity index (χ3n) is 6.49. The average molecular weight is 489 g/mol. The van der Waals surface area contributed by atoms with Crippen LogP contribution in [-0.2, 0) is 13.2 Å². The summed E-state index contributed by atoms with van der Waals surface area (Å²) in [4.78, 5) is 17.6. The number of benzene rings is 3. The first-order valence-electron chi connectivity index (χ1n) is 12.4. The molecule has 1 fully saturated rings. The SMILES string of the molecule is CCOc1ccc(C(=O)N2CCN(Cc3ccc4c(c3)OCO4)CC2)cc1COc1cccc(C)c1. The standard InChI is InChI=1S/C29H32N2O5/c1-3-33-26-10-8-23(17-24(26)19-34-25-6-4-5-21(2)15-25)29(32)31-13-11-30(12-14-31)18-22-7-9-27-28(16-22)36-20-35-27/h4-10,15-17H,3,11-14,18-20H2,1-2H3. The van der Waals surface area contributed by atoms with Crippen LogP contribution in [0.25, 0.3) is 0 Å². The van der Waals surface area contributed by atoms with Crippen LogP contribution >= 0.6 is 0 Å². The van der Waals surface area contributed by atoms with Gasteiger partial charge in [0.1, 0.15) is 18.1 Å². The molecule has 0 unspecified atom stereocenters. The second-order valence-corrected chi connectivity index (χ2v) is 9.12. The Balaban J connectivity index is 1.21. The monoisotopic (exact) mass is 488 g/mol. The average Bonchev–Trinajstić information content (AvgIpc) is 3.36. The minimum absolute atomic E-state index is 0.0394. The third-order valence-corrected chi connectivity index (χ3v) is 6.49. The number of carbonyl (C=O) groups is 1. The van der Waals surface area contributed by atoms with Crippen LogP contribution in [0.5, 0.6) is 23.0 Å². The van der Waals surface area contributed by atoms with Crippen molar-refractivity contribution >= 4 is 5.91 Å². The number of hydrogen-bond donors (Lipinski definition) is 0. The first-order valence-corrected chi connectivity index (χ1v) is 12.4. The van der Waals surface area contributed by atoms with Crippen LogP contribution < -0.4 is 18.9 Å². The van der Waals surface area contributed by atoms with E-state index in [0.717, 1.165) is 53.8 Å². The highest BCUT2D eigenvalue weighted by molar-refractivity contribution is 5.94. The van der Waals surface area contributed by atoms with Crippen molar-refractivity contribution in [3.05, 3.63) is 82.9 Å². The summed E-state index contributed by atoms with van der Waals surface area (Å²) in [5, 5.41) is 0. The number of rotatable bonds is 8. The number of piperazine rings is 1. The van der Waals surface area contributed by atoms with Crippen molar-refractivity contribution in [3.63, 3.8) is 0 Å². The summed E-state index contributed by atoms with van der Waals surface area (Å²) in [5.74, 6) is 3.19. The number of amides is 1. The number of ether oxygens (including phenoxy) is 4. The molecule has 2 aliphatic rings. The molecule has 0 bridgehead atoms. The molecule has 0 radical (unpaired) electrons. The fourth-order valence-corrected chi connectivity index (χ4v) is 4.58. The highest BCUT2D eigenvalue weighted by atomic mass is 16.7. The smallest absolute Gasteiger partial charge is 0.253 e. The second kappa shape index (κ2) is 10.9. The topological polar surface area (TPSA) is 60.5 Å². The number of nitrogens with zero attached hydrogens (tertiary/aromatic N) is 2. The zero-order chi connectivity index (χ0) is 24.9. The van der Waals surface area contributed by atoms with Crippen LogP contribution in [0, 0.1) is 6.92 Å². The zero-order valence-corrected chi connectivity index (χ0v) is 20.9. The van der Waals surface area contributed by atoms with Gasteiger partial charge in [-0.05, 0) is 67.4 Å². The predicted octanol–water partition coefficient (Wildman–Crippen LogP) is 4.66. The number of carbonyl (C=O) groups excluding carboxylic acids is 1. The maximum Gasteiger partial charge on any atom is 0.253 e. The minimum Gasteiger partial charge on any atom is -0.493 e. The van der Waals surface area contributed by atoms with Crippen molar-refractivity contribution in [1.29, 1.82) is 0 Å². The molecule has 0 aliphatic carbocycles. The van der Waals surface area contributed by atoms with Crippen LogP contribution in [-0.4, -0.2) is 55.3 Å². The van der Waals surface area contributed by atoms with Gasteiger partial charge in [-0.25, -0.2) is 0 Å². The van der Waals surface area contributed by atoms with Crippen LogP contribution in [0.4, 0.5) is 0 Å². The van der Waals surface area contributed by atoms with Gasteiger partial charge in [-0.1, -0.05) is 18.2 Å². The molecule has 1 amide bonds. The Morgan fingerprint density at radius 2 is 1.75 bits per heavy atom. The third kappa shape index (κ3) is 5.57. The Kier molecular flexibility index (Phi) is 7.28. The van der Waals surface area contributed by atoms with Crippen molar-refractivity contribution in [1.82, 2.24) is 9.80 Å². The van der Waals surface area contributed by atoms with E-state index in [4.69, 9.17) is 18.9 Å². The highest BCUT2D eigenvalue weighted by Crippen LogP contribution is 2.33. The first kappa shape index (κ1) is 24.0. The molecule has 7 nitrogen and oxygen atoms in total. The van der Waals surface area contributed by atoms with Gasteiger partial charge < -0.3 is 23.8 Å². The fraction of sp³-hybridized carbons (Fsp3) is 0.345. The van der Waals surface area contributed by atoms with E-state index in [1.165, 1.54) is 5.56 Å². The van der Waals surface area contributed by atoms with Gasteiger partial charge in [-0.15, -0.1) is 0 Å². The van der Waals surface area contributed by atoms with Gasteiger partial charge in [-0.2, -0.15) is 0 Å². The predicted molar refractivity (Wildman–Crippen MR) is 137 cm³/mol. The fourth-order valence-electron chi connectivity index (χ4n) is 4.58. The maximum absolute atomic E-state index is 13.3. The highest BCUT2D eigenvalue weighted by Gasteiger charge is 2.24. The zero-order valence-electron chi connectivity index (χ0n) is 20.9. The number of aryl methyl sites for hydroxylation is 1. The Bertz CT molecular complexity index is 1220. The van der Waals surface area contributed by atoms with Crippen molar-refractivity contribution in [2.75, 3.05) is 39.6 Å². The molecule has 188 valence electrons. The molecule has 5 rings (SSSR count). The Morgan fingerprint density at radius 1 is 0.917 bits per heavy atom. The lowest BCUT2D eigenvalue weighted by molar-refractivity contribution is 0.0628. The molecule has 0 atom stereocenters. The van der Waals surface area contributed by atoms with Crippen molar-refractivity contribution in [2.24, 2.45) is 0 Å². The normalized spacial score (nSPS) is 15.1. The molecule has 3 aromatic carbocycles. The molecule has 36 heavy (non-hydrogen) atoms. The van der Waals surface area contributed by atoms with Crippen LogP contribution in [0.2, 0.25) is 0 Å². The van der Waals surface area contributed by atoms with Gasteiger partial charge in [0, 0.05) is 43.9 Å². The van der Waals surface area contributed by atoms with E-state index in [-0.39, 0.29) is 12.7 Å². The van der Waals surface area contributed by atoms with Crippen LogP contribution in [0.3, 0.4) is 0 Å². The van der Waals surface area contributed by atoms with Crippen molar-refractivity contribution < 1.29 is 23.7 Å². The summed E-state index contributed by atoms with van der Waals surface area (Å²) in [6.45, 7) is 8.99. The molecule has 3 aromatic rings. The number of hydrogen-bond acceptors (Lipinski definition) is 6. The molecule has 0 aromatic heterocycles. The Morgan fingerprint density at radius 3 is 2.56 bits per heavy atom. The largest absolute Gasteiger partial charge is 0.493 e. The van der Waals surface area contributed by atoms with E-state index >= 15 is 0 Å². The van der Waals surface area contributed by atoms with E-state index in [1.807, 2.05) is 73.3 Å². The number of fused-ring (bicyclic) bond motifs is 1. The van der Waals surface area contributed by atoms with Crippen molar-refractivity contribution in [3.8, 4) is 23.0 Å². The second-order valence-electron chi connectivity index (χ2n) is 9.12. The summed E-state index contributed by atoms with van der Waals surface area (Å²) in [6.07, 6.45) is 0. The Hall–Kier alpha value is -3.71. The van der Waals surface area contributed by atoms with Gasteiger partial charge in [-0.3, -0.25) is 9.69 Å². The molecular formula is C29H32N2O5. The van der Waals surface area contributed by atoms with Crippen LogP contribution in [0.15, 0.2) is 60.7 Å². The molecular weight excluding hydrogens is 456 g/mol. The van der Waals surface area contributed by atoms with E-state index in [2.05, 4.69) is 11.0 Å². The van der Waals surface area contributed by atoms with E-state index in [9.17, 15) is 4.79 Å². The van der Waals surface area contributed by atoms with Gasteiger partial charge in [0.05, 0.1) is 6.61 Å². The van der Waals surface area contributed by atoms with Gasteiger partial charge >= 0.3 is 0 Å². The maximum atomic E-state index is 13.3. The molecule has 1 saturated heterocycles. The summed E-state index contributed by atoms with van der Waals surface area (Å²) in [6, 6.07) is 19.7. The van der Waals surface area contributed by atoms with Gasteiger partial charge in [0.25, 0.3) is 5.91 Å². The Labute approximate surface area is 212 Å². The molecule has 7 heteroatoms. The molecule has 2 heterocycles. The first-order chi connectivity index (χ1) is 17.6. The molecule has 0 N–H and O–H groups in total.